The van der Waals surface area contributed by atoms with Gasteiger partial charge in [0, 0.05) is 31.1 Å². The van der Waals surface area contributed by atoms with Crippen LogP contribution >= 0.6 is 0 Å². The summed E-state index contributed by atoms with van der Waals surface area (Å²) in [5.74, 6) is 2.53. The van der Waals surface area contributed by atoms with E-state index in [9.17, 15) is 18.5 Å². The fraction of sp³-hybridized carbons (Fsp3) is 0.421. The molecule has 1 N–H and O–H groups in total. The molecule has 1 aliphatic carbocycles. The van der Waals surface area contributed by atoms with Crippen LogP contribution in [0.25, 0.3) is 0 Å². The van der Waals surface area contributed by atoms with Gasteiger partial charge in [-0.2, -0.15) is 9.41 Å². The van der Waals surface area contributed by atoms with Crippen molar-refractivity contribution in [3.63, 3.8) is 0 Å². The Morgan fingerprint density at radius 3 is 2.59 bits per heavy atom. The van der Waals surface area contributed by atoms with E-state index in [1.807, 2.05) is 6.07 Å². The van der Waals surface area contributed by atoms with Gasteiger partial charge in [0.25, 0.3) is 5.69 Å². The maximum Gasteiger partial charge on any atom is 0.270 e. The molecule has 0 radical (unpaired) electrons. The van der Waals surface area contributed by atoms with Crippen molar-refractivity contribution in [1.82, 2.24) is 4.31 Å². The molecule has 3 rings (SSSR count). The van der Waals surface area contributed by atoms with Crippen molar-refractivity contribution in [3.8, 4) is 0 Å². The van der Waals surface area contributed by atoms with E-state index in [1.165, 1.54) is 22.7 Å². The van der Waals surface area contributed by atoms with E-state index in [4.69, 9.17) is 4.42 Å². The minimum atomic E-state index is -3.92. The predicted octanol–water partition coefficient (Wildman–Crippen LogP) is 3.79. The lowest BCUT2D eigenvalue weighted by molar-refractivity contribution is -0.385. The highest BCUT2D eigenvalue weighted by Gasteiger charge is 2.36. The number of non-ortho nitro benzene ring substituents is 1. The van der Waals surface area contributed by atoms with Gasteiger partial charge in [0.2, 0.25) is 10.0 Å². The molecule has 29 heavy (non-hydrogen) atoms. The molecule has 0 bridgehead atoms. The molecule has 156 valence electrons. The highest BCUT2D eigenvalue weighted by molar-refractivity contribution is 7.89. The van der Waals surface area contributed by atoms with Crippen LogP contribution in [0.1, 0.15) is 44.6 Å². The van der Waals surface area contributed by atoms with Crippen molar-refractivity contribution in [2.24, 2.45) is 11.0 Å². The average molecular weight is 420 g/mol. The summed E-state index contributed by atoms with van der Waals surface area (Å²) < 4.78 is 32.8. The van der Waals surface area contributed by atoms with E-state index in [0.717, 1.165) is 18.2 Å². The quantitative estimate of drug-likeness (QED) is 0.375. The van der Waals surface area contributed by atoms with Gasteiger partial charge in [-0.25, -0.2) is 8.42 Å². The first kappa shape index (κ1) is 21.0. The van der Waals surface area contributed by atoms with Gasteiger partial charge >= 0.3 is 0 Å². The zero-order chi connectivity index (χ0) is 21.2. The molecule has 1 aromatic heterocycles. The van der Waals surface area contributed by atoms with Crippen LogP contribution in [0.2, 0.25) is 0 Å². The van der Waals surface area contributed by atoms with E-state index in [-0.39, 0.29) is 29.4 Å². The largest absolute Gasteiger partial charge is 0.460 e. The third kappa shape index (κ3) is 4.48. The van der Waals surface area contributed by atoms with Crippen LogP contribution in [0, 0.1) is 16.0 Å². The average Bonchev–Trinajstić information content (AvgIpc) is 3.23. The van der Waals surface area contributed by atoms with E-state index >= 15 is 0 Å². The number of anilines is 1. The first-order valence-electron chi connectivity index (χ1n) is 9.45. The van der Waals surface area contributed by atoms with Crippen LogP contribution in [-0.2, 0) is 10.0 Å². The van der Waals surface area contributed by atoms with Gasteiger partial charge in [-0.15, -0.1) is 0 Å². The number of benzene rings is 1. The van der Waals surface area contributed by atoms with Gasteiger partial charge in [0.15, 0.2) is 0 Å². The topological polar surface area (TPSA) is 118 Å². The Kier molecular flexibility index (Phi) is 6.04. The first-order chi connectivity index (χ1) is 13.8. The van der Waals surface area contributed by atoms with Crippen molar-refractivity contribution in [3.05, 3.63) is 52.0 Å². The number of sulfonamides is 1. The number of nitro groups is 1. The zero-order valence-electron chi connectivity index (χ0n) is 16.5. The third-order valence-corrected chi connectivity index (χ3v) is 7.09. The summed E-state index contributed by atoms with van der Waals surface area (Å²) in [7, 11) is -3.92. The molecule has 2 atom stereocenters. The number of rotatable bonds is 9. The number of hydrogen-bond donors (Lipinski definition) is 1. The van der Waals surface area contributed by atoms with E-state index in [2.05, 4.69) is 17.5 Å². The van der Waals surface area contributed by atoms with Crippen molar-refractivity contribution in [2.45, 2.75) is 38.0 Å². The van der Waals surface area contributed by atoms with E-state index in [1.54, 1.807) is 19.9 Å². The van der Waals surface area contributed by atoms with Gasteiger partial charge in [0.1, 0.15) is 16.4 Å². The lowest BCUT2D eigenvalue weighted by atomic mass is 10.3. The maximum atomic E-state index is 12.9. The van der Waals surface area contributed by atoms with Crippen molar-refractivity contribution >= 4 is 27.6 Å². The number of hydrogen-bond acceptors (Lipinski definition) is 7. The zero-order valence-corrected chi connectivity index (χ0v) is 17.3. The smallest absolute Gasteiger partial charge is 0.270 e. The fourth-order valence-corrected chi connectivity index (χ4v) is 4.77. The monoisotopic (exact) mass is 420 g/mol. The fourth-order valence-electron chi connectivity index (χ4n) is 3.15. The molecular weight excluding hydrogens is 396 g/mol. The molecule has 0 spiro atoms. The summed E-state index contributed by atoms with van der Waals surface area (Å²) in [6.07, 6.45) is 2.56. The second-order valence-corrected chi connectivity index (χ2v) is 8.86. The van der Waals surface area contributed by atoms with Gasteiger partial charge in [-0.3, -0.25) is 15.5 Å². The lowest BCUT2D eigenvalue weighted by Gasteiger charge is -2.20. The van der Waals surface area contributed by atoms with Gasteiger partial charge in [-0.05, 0) is 30.5 Å². The van der Waals surface area contributed by atoms with Crippen LogP contribution in [0.3, 0.4) is 0 Å². The molecule has 0 unspecified atom stereocenters. The van der Waals surface area contributed by atoms with Crippen LogP contribution in [0.4, 0.5) is 11.4 Å². The Morgan fingerprint density at radius 2 is 2.00 bits per heavy atom. The summed E-state index contributed by atoms with van der Waals surface area (Å²) in [6, 6.07) is 7.33. The Balaban J connectivity index is 1.86. The number of nitrogens with one attached hydrogen (secondary N) is 1. The molecule has 1 heterocycles. The number of nitrogens with zero attached hydrogens (tertiary/aromatic N) is 3. The molecule has 2 aromatic rings. The standard InChI is InChI=1S/C19H24N4O5S/c1-4-22(5-2)29(26,27)19-11-14(23(24)25)6-8-17(19)21-20-12-15-7-9-18(28-15)16-10-13(16)3/h6-9,11-13,16,21H,4-5,10H2,1-3H3/b20-12-/t13-,16+/m0/s1. The molecular formula is C19H24N4O5S. The summed E-state index contributed by atoms with van der Waals surface area (Å²) >= 11 is 0. The molecule has 9 nitrogen and oxygen atoms in total. The van der Waals surface area contributed by atoms with Gasteiger partial charge < -0.3 is 4.42 Å². The lowest BCUT2D eigenvalue weighted by Crippen LogP contribution is -2.31. The molecule has 1 saturated carbocycles. The van der Waals surface area contributed by atoms with Crippen molar-refractivity contribution < 1.29 is 17.8 Å². The van der Waals surface area contributed by atoms with Crippen LogP contribution < -0.4 is 5.43 Å². The molecule has 0 amide bonds. The second kappa shape index (κ2) is 8.34. The molecule has 10 heteroatoms. The molecule has 0 aliphatic heterocycles. The Labute approximate surface area is 169 Å². The molecule has 1 fully saturated rings. The summed E-state index contributed by atoms with van der Waals surface area (Å²) in [4.78, 5) is 10.3. The highest BCUT2D eigenvalue weighted by Crippen LogP contribution is 2.47. The minimum Gasteiger partial charge on any atom is -0.460 e. The van der Waals surface area contributed by atoms with Crippen LogP contribution in [0.5, 0.6) is 0 Å². The Morgan fingerprint density at radius 1 is 1.31 bits per heavy atom. The second-order valence-electron chi connectivity index (χ2n) is 6.96. The van der Waals surface area contributed by atoms with E-state index in [0.29, 0.717) is 17.6 Å². The SMILES string of the molecule is CCN(CC)S(=O)(=O)c1cc([N+](=O)[O-])ccc1N/N=C\c1ccc([C@@H]2C[C@@H]2C)o1. The van der Waals surface area contributed by atoms with Gasteiger partial charge in [-0.1, -0.05) is 20.8 Å². The summed E-state index contributed by atoms with van der Waals surface area (Å²) in [5.41, 5.74) is 2.53. The molecule has 0 saturated heterocycles. The molecule has 1 aromatic carbocycles. The van der Waals surface area contributed by atoms with Crippen molar-refractivity contribution in [2.75, 3.05) is 18.5 Å². The predicted molar refractivity (Wildman–Crippen MR) is 110 cm³/mol. The normalized spacial score (nSPS) is 19.0. The van der Waals surface area contributed by atoms with Crippen molar-refractivity contribution in [1.29, 1.82) is 0 Å². The van der Waals surface area contributed by atoms with E-state index < -0.39 is 14.9 Å². The van der Waals surface area contributed by atoms with Crippen LogP contribution in [0.15, 0.2) is 44.7 Å². The molecule has 1 aliphatic rings. The number of nitro benzene ring substituents is 1. The Hall–Kier alpha value is -2.72. The minimum absolute atomic E-state index is 0.154. The number of furan rings is 1. The first-order valence-corrected chi connectivity index (χ1v) is 10.9. The Bertz CT molecular complexity index is 1030. The van der Waals surface area contributed by atoms with Crippen LogP contribution in [-0.4, -0.2) is 37.0 Å². The summed E-state index contributed by atoms with van der Waals surface area (Å²) in [6.45, 7) is 6.07. The highest BCUT2D eigenvalue weighted by atomic mass is 32.2. The number of hydrazone groups is 1. The van der Waals surface area contributed by atoms with Gasteiger partial charge in [0.05, 0.1) is 16.8 Å². The third-order valence-electron chi connectivity index (χ3n) is 5.00. The summed E-state index contributed by atoms with van der Waals surface area (Å²) in [5, 5.41) is 15.2. The maximum absolute atomic E-state index is 12.9.